The lowest BCUT2D eigenvalue weighted by Crippen LogP contribution is -2.59. The van der Waals surface area contributed by atoms with Crippen molar-refractivity contribution >= 4 is 27.5 Å². The number of halogens is 1. The molecule has 2 heterocycles. The summed E-state index contributed by atoms with van der Waals surface area (Å²) in [5, 5.41) is 0.535. The molecule has 0 bridgehead atoms. The first kappa shape index (κ1) is 22.3. The van der Waals surface area contributed by atoms with E-state index in [-0.39, 0.29) is 17.9 Å². The van der Waals surface area contributed by atoms with Crippen molar-refractivity contribution in [3.63, 3.8) is 0 Å². The van der Waals surface area contributed by atoms with Gasteiger partial charge in [-0.1, -0.05) is 24.6 Å². The SMILES string of the molecule is CCC1(N2CCN(C(=O)Cc3ccc(OC)cc3Cl)CC2)CCN(S(C)(=O)=O)C1. The Morgan fingerprint density at radius 2 is 1.90 bits per heavy atom. The predicted octanol–water partition coefficient (Wildman–Crippen LogP) is 1.85. The van der Waals surface area contributed by atoms with Crippen LogP contribution in [-0.2, 0) is 21.2 Å². The molecule has 1 aromatic rings. The van der Waals surface area contributed by atoms with Crippen molar-refractivity contribution in [2.24, 2.45) is 0 Å². The van der Waals surface area contributed by atoms with Gasteiger partial charge in [-0.2, -0.15) is 0 Å². The Balaban J connectivity index is 1.59. The van der Waals surface area contributed by atoms with Crippen LogP contribution in [0, 0.1) is 0 Å². The molecule has 0 N–H and O–H groups in total. The zero-order valence-corrected chi connectivity index (χ0v) is 18.9. The van der Waals surface area contributed by atoms with Gasteiger partial charge in [-0.3, -0.25) is 9.69 Å². The van der Waals surface area contributed by atoms with E-state index in [4.69, 9.17) is 16.3 Å². The molecule has 0 aromatic heterocycles. The molecule has 2 fully saturated rings. The van der Waals surface area contributed by atoms with Crippen LogP contribution in [-0.4, -0.2) is 86.6 Å². The molecule has 1 amide bonds. The smallest absolute Gasteiger partial charge is 0.227 e. The van der Waals surface area contributed by atoms with Gasteiger partial charge in [0, 0.05) is 49.8 Å². The van der Waals surface area contributed by atoms with Crippen LogP contribution < -0.4 is 4.74 Å². The molecule has 9 heteroatoms. The van der Waals surface area contributed by atoms with Crippen molar-refractivity contribution in [1.29, 1.82) is 0 Å². The van der Waals surface area contributed by atoms with E-state index in [1.165, 1.54) is 6.26 Å². The van der Waals surface area contributed by atoms with Crippen LogP contribution in [0.5, 0.6) is 5.75 Å². The van der Waals surface area contributed by atoms with E-state index in [1.54, 1.807) is 17.5 Å². The summed E-state index contributed by atoms with van der Waals surface area (Å²) in [4.78, 5) is 17.0. The Bertz CT molecular complexity index is 855. The molecule has 1 aromatic carbocycles. The Kier molecular flexibility index (Phi) is 6.77. The standard InChI is InChI=1S/C20H30ClN3O4S/c1-4-20(7-8-24(15-20)29(3,26)27)23-11-9-22(10-12-23)19(25)13-16-5-6-17(28-2)14-18(16)21/h5-6,14H,4,7-13,15H2,1-3H3. The highest BCUT2D eigenvalue weighted by Crippen LogP contribution is 2.33. The summed E-state index contributed by atoms with van der Waals surface area (Å²) in [7, 11) is -1.59. The van der Waals surface area contributed by atoms with E-state index in [0.29, 0.717) is 37.0 Å². The molecule has 1 unspecified atom stereocenters. The molecular formula is C20H30ClN3O4S. The highest BCUT2D eigenvalue weighted by atomic mass is 35.5. The van der Waals surface area contributed by atoms with Crippen LogP contribution >= 0.6 is 11.6 Å². The van der Waals surface area contributed by atoms with Crippen molar-refractivity contribution in [1.82, 2.24) is 14.1 Å². The first-order valence-corrected chi connectivity index (χ1v) is 12.2. The number of sulfonamides is 1. The lowest BCUT2D eigenvalue weighted by molar-refractivity contribution is -0.133. The number of hydrogen-bond acceptors (Lipinski definition) is 5. The minimum Gasteiger partial charge on any atom is -0.497 e. The number of rotatable bonds is 6. The fourth-order valence-corrected chi connectivity index (χ4v) is 5.51. The van der Waals surface area contributed by atoms with Gasteiger partial charge in [-0.05, 0) is 30.5 Å². The molecule has 29 heavy (non-hydrogen) atoms. The lowest BCUT2D eigenvalue weighted by atomic mass is 9.92. The zero-order chi connectivity index (χ0) is 21.2. The maximum atomic E-state index is 12.8. The van der Waals surface area contributed by atoms with Gasteiger partial charge in [0.25, 0.3) is 0 Å². The summed E-state index contributed by atoms with van der Waals surface area (Å²) in [6.45, 7) is 6.04. The van der Waals surface area contributed by atoms with Crippen LogP contribution in [0.15, 0.2) is 18.2 Å². The van der Waals surface area contributed by atoms with Crippen LogP contribution in [0.4, 0.5) is 0 Å². The van der Waals surface area contributed by atoms with Crippen molar-refractivity contribution in [2.45, 2.75) is 31.7 Å². The number of carbonyl (C=O) groups is 1. The van der Waals surface area contributed by atoms with Gasteiger partial charge < -0.3 is 9.64 Å². The normalized spacial score (nSPS) is 24.1. The Hall–Kier alpha value is -1.35. The number of methoxy groups -OCH3 is 1. The monoisotopic (exact) mass is 443 g/mol. The summed E-state index contributed by atoms with van der Waals surface area (Å²) in [5.74, 6) is 0.732. The van der Waals surface area contributed by atoms with Gasteiger partial charge in [-0.15, -0.1) is 0 Å². The van der Waals surface area contributed by atoms with Gasteiger partial charge in [-0.25, -0.2) is 12.7 Å². The zero-order valence-electron chi connectivity index (χ0n) is 17.4. The number of amides is 1. The molecular weight excluding hydrogens is 414 g/mol. The molecule has 2 saturated heterocycles. The summed E-state index contributed by atoms with van der Waals surface area (Å²) in [6.07, 6.45) is 3.28. The quantitative estimate of drug-likeness (QED) is 0.671. The summed E-state index contributed by atoms with van der Waals surface area (Å²) in [6, 6.07) is 5.37. The molecule has 0 radical (unpaired) electrons. The van der Waals surface area contributed by atoms with Crippen LogP contribution in [0.1, 0.15) is 25.3 Å². The van der Waals surface area contributed by atoms with E-state index >= 15 is 0 Å². The molecule has 0 aliphatic carbocycles. The predicted molar refractivity (Wildman–Crippen MR) is 114 cm³/mol. The molecule has 1 atom stereocenters. The van der Waals surface area contributed by atoms with Crippen molar-refractivity contribution in [3.05, 3.63) is 28.8 Å². The number of benzene rings is 1. The van der Waals surface area contributed by atoms with E-state index < -0.39 is 10.0 Å². The minimum absolute atomic E-state index is 0.0615. The van der Waals surface area contributed by atoms with Crippen molar-refractivity contribution in [3.8, 4) is 5.75 Å². The second-order valence-electron chi connectivity index (χ2n) is 7.93. The first-order chi connectivity index (χ1) is 13.7. The topological polar surface area (TPSA) is 70.2 Å². The van der Waals surface area contributed by atoms with Gasteiger partial charge in [0.1, 0.15) is 5.75 Å². The Labute approximate surface area is 178 Å². The highest BCUT2D eigenvalue weighted by molar-refractivity contribution is 7.88. The third-order valence-electron chi connectivity index (χ3n) is 6.33. The summed E-state index contributed by atoms with van der Waals surface area (Å²) < 4.78 is 30.6. The van der Waals surface area contributed by atoms with E-state index in [9.17, 15) is 13.2 Å². The Morgan fingerprint density at radius 3 is 2.41 bits per heavy atom. The van der Waals surface area contributed by atoms with Crippen LogP contribution in [0.2, 0.25) is 5.02 Å². The third-order valence-corrected chi connectivity index (χ3v) is 7.93. The van der Waals surface area contributed by atoms with Gasteiger partial charge in [0.15, 0.2) is 0 Å². The molecule has 7 nitrogen and oxygen atoms in total. The van der Waals surface area contributed by atoms with E-state index in [1.807, 2.05) is 17.0 Å². The molecule has 2 aliphatic heterocycles. The first-order valence-electron chi connectivity index (χ1n) is 9.99. The van der Waals surface area contributed by atoms with Crippen molar-refractivity contribution in [2.75, 3.05) is 52.6 Å². The molecule has 162 valence electrons. The molecule has 0 saturated carbocycles. The van der Waals surface area contributed by atoms with E-state index in [2.05, 4.69) is 11.8 Å². The summed E-state index contributed by atoms with van der Waals surface area (Å²) in [5.41, 5.74) is 0.668. The Morgan fingerprint density at radius 1 is 1.21 bits per heavy atom. The maximum absolute atomic E-state index is 12.8. The van der Waals surface area contributed by atoms with Gasteiger partial charge in [0.05, 0.1) is 19.8 Å². The number of carbonyl (C=O) groups excluding carboxylic acids is 1. The second kappa shape index (κ2) is 8.79. The van der Waals surface area contributed by atoms with Gasteiger partial charge >= 0.3 is 0 Å². The number of piperazine rings is 1. The van der Waals surface area contributed by atoms with Gasteiger partial charge in [0.2, 0.25) is 15.9 Å². The fourth-order valence-electron chi connectivity index (χ4n) is 4.38. The molecule has 3 rings (SSSR count). The molecule has 0 spiro atoms. The maximum Gasteiger partial charge on any atom is 0.227 e. The average Bonchev–Trinajstić information content (AvgIpc) is 3.16. The summed E-state index contributed by atoms with van der Waals surface area (Å²) >= 11 is 6.28. The van der Waals surface area contributed by atoms with Crippen molar-refractivity contribution < 1.29 is 17.9 Å². The van der Waals surface area contributed by atoms with Crippen LogP contribution in [0.3, 0.4) is 0 Å². The highest BCUT2D eigenvalue weighted by Gasteiger charge is 2.45. The van der Waals surface area contributed by atoms with E-state index in [0.717, 1.165) is 31.5 Å². The molecule has 2 aliphatic rings. The third kappa shape index (κ3) is 4.87. The lowest BCUT2D eigenvalue weighted by Gasteiger charge is -2.45. The largest absolute Gasteiger partial charge is 0.497 e. The fraction of sp³-hybridized carbons (Fsp3) is 0.650. The number of ether oxygens (including phenoxy) is 1. The average molecular weight is 444 g/mol. The minimum atomic E-state index is -3.17. The number of nitrogens with zero attached hydrogens (tertiary/aromatic N) is 3. The second-order valence-corrected chi connectivity index (χ2v) is 10.3. The van der Waals surface area contributed by atoms with Crippen LogP contribution in [0.25, 0.3) is 0 Å². The number of hydrogen-bond donors (Lipinski definition) is 0.